The van der Waals surface area contributed by atoms with E-state index < -0.39 is 28.8 Å². The first-order valence-corrected chi connectivity index (χ1v) is 9.30. The first kappa shape index (κ1) is 18.5. The molecule has 27 heavy (non-hydrogen) atoms. The van der Waals surface area contributed by atoms with Crippen molar-refractivity contribution in [3.63, 3.8) is 0 Å². The Morgan fingerprint density at radius 3 is 2.63 bits per heavy atom. The van der Waals surface area contributed by atoms with E-state index in [-0.39, 0.29) is 16.2 Å². The van der Waals surface area contributed by atoms with Gasteiger partial charge in [0.05, 0.1) is 28.4 Å². The molecule has 2 saturated heterocycles. The van der Waals surface area contributed by atoms with Crippen molar-refractivity contribution < 1.29 is 27.8 Å². The number of hydrogen-bond acceptors (Lipinski definition) is 7. The molecule has 1 N–H and O–H groups in total. The largest absolute Gasteiger partial charge is 0.506 e. The van der Waals surface area contributed by atoms with Gasteiger partial charge in [-0.1, -0.05) is 11.3 Å². The molecule has 1 spiro atoms. The number of alkyl halides is 3. The molecule has 1 aromatic heterocycles. The number of hydrogen-bond donors (Lipinski definition) is 1. The topological polar surface area (TPSA) is 71.9 Å². The molecule has 2 fully saturated rings. The third-order valence-corrected chi connectivity index (χ3v) is 5.98. The van der Waals surface area contributed by atoms with Crippen LogP contribution < -0.4 is 10.5 Å². The highest BCUT2D eigenvalue weighted by molar-refractivity contribution is 7.22. The number of ether oxygens (including phenoxy) is 2. The van der Waals surface area contributed by atoms with Crippen LogP contribution >= 0.6 is 11.3 Å². The fourth-order valence-corrected chi connectivity index (χ4v) is 4.49. The van der Waals surface area contributed by atoms with Gasteiger partial charge in [-0.15, -0.1) is 0 Å². The first-order chi connectivity index (χ1) is 12.7. The third kappa shape index (κ3) is 3.37. The molecular weight excluding hydrogens is 385 g/mol. The number of phenolic OH excluding ortho intramolecular Hbond substituents is 1. The number of fused-ring (bicyclic) bond motifs is 1. The highest BCUT2D eigenvalue weighted by Crippen LogP contribution is 2.40. The molecule has 146 valence electrons. The lowest BCUT2D eigenvalue weighted by molar-refractivity contribution is -0.178. The zero-order valence-corrected chi connectivity index (χ0v) is 15.2. The fraction of sp³-hybridized carbons (Fsp3) is 0.529. The van der Waals surface area contributed by atoms with Crippen molar-refractivity contribution in [3.05, 3.63) is 28.0 Å². The van der Waals surface area contributed by atoms with Crippen LogP contribution in [0.2, 0.25) is 0 Å². The Balaban J connectivity index is 1.64. The molecule has 6 nitrogen and oxygen atoms in total. The summed E-state index contributed by atoms with van der Waals surface area (Å²) in [5.74, 6) is -1.18. The van der Waals surface area contributed by atoms with Gasteiger partial charge in [-0.05, 0) is 19.1 Å². The summed E-state index contributed by atoms with van der Waals surface area (Å²) in [6.07, 6.45) is -3.43. The quantitative estimate of drug-likeness (QED) is 0.790. The Bertz CT molecular complexity index is 938. The Morgan fingerprint density at radius 2 is 2.04 bits per heavy atom. The molecule has 0 radical (unpaired) electrons. The zero-order chi connectivity index (χ0) is 19.4. The van der Waals surface area contributed by atoms with Crippen LogP contribution in [0.4, 0.5) is 18.3 Å². The number of benzene rings is 1. The van der Waals surface area contributed by atoms with Gasteiger partial charge in [0.1, 0.15) is 5.75 Å². The molecule has 1 aromatic carbocycles. The van der Waals surface area contributed by atoms with Crippen molar-refractivity contribution >= 4 is 26.6 Å². The monoisotopic (exact) mass is 402 g/mol. The van der Waals surface area contributed by atoms with Gasteiger partial charge in [0.2, 0.25) is 0 Å². The molecule has 0 unspecified atom stereocenters. The number of nitrogens with zero attached hydrogens (tertiary/aromatic N) is 2. The van der Waals surface area contributed by atoms with Crippen molar-refractivity contribution in [1.29, 1.82) is 0 Å². The Labute approximate surface area is 156 Å². The number of phenols is 1. The molecule has 2 aliphatic rings. The molecule has 0 amide bonds. The average molecular weight is 402 g/mol. The van der Waals surface area contributed by atoms with E-state index in [1.165, 1.54) is 0 Å². The van der Waals surface area contributed by atoms with Crippen LogP contribution in [0, 0.1) is 0 Å². The van der Waals surface area contributed by atoms with Crippen LogP contribution in [0.5, 0.6) is 5.75 Å². The van der Waals surface area contributed by atoms with Crippen LogP contribution in [-0.2, 0) is 15.7 Å². The van der Waals surface area contributed by atoms with Crippen molar-refractivity contribution in [2.75, 3.05) is 24.6 Å². The average Bonchev–Trinajstić information content (AvgIpc) is 2.95. The van der Waals surface area contributed by atoms with Crippen molar-refractivity contribution in [2.24, 2.45) is 0 Å². The predicted molar refractivity (Wildman–Crippen MR) is 93.2 cm³/mol. The Hall–Kier alpha value is -1.91. The summed E-state index contributed by atoms with van der Waals surface area (Å²) >= 11 is 1.00. The molecule has 0 bridgehead atoms. The molecule has 2 aliphatic heterocycles. The predicted octanol–water partition coefficient (Wildman–Crippen LogP) is 3.11. The SMILES string of the molecule is C[C@H]1COC2(CCN(c3nc(=O)c4cc(C(F)(F)F)cc(O)c4s3)CC2)O1. The molecule has 4 rings (SSSR count). The van der Waals surface area contributed by atoms with Gasteiger partial charge in [0, 0.05) is 25.9 Å². The number of anilines is 1. The molecule has 3 heterocycles. The van der Waals surface area contributed by atoms with E-state index in [2.05, 4.69) is 4.98 Å². The maximum Gasteiger partial charge on any atom is 0.416 e. The number of halogens is 3. The second-order valence-electron chi connectivity index (χ2n) is 6.81. The minimum absolute atomic E-state index is 0.0335. The van der Waals surface area contributed by atoms with Gasteiger partial charge in [-0.2, -0.15) is 18.2 Å². The molecular formula is C17H17F3N2O4S. The van der Waals surface area contributed by atoms with Gasteiger partial charge < -0.3 is 19.5 Å². The van der Waals surface area contributed by atoms with Gasteiger partial charge in [0.15, 0.2) is 10.9 Å². The Morgan fingerprint density at radius 1 is 1.33 bits per heavy atom. The number of piperidine rings is 1. The summed E-state index contributed by atoms with van der Waals surface area (Å²) in [6.45, 7) is 3.54. The minimum Gasteiger partial charge on any atom is -0.506 e. The summed E-state index contributed by atoms with van der Waals surface area (Å²) in [7, 11) is 0. The summed E-state index contributed by atoms with van der Waals surface area (Å²) < 4.78 is 50.4. The smallest absolute Gasteiger partial charge is 0.416 e. The normalized spacial score (nSPS) is 22.7. The van der Waals surface area contributed by atoms with Crippen LogP contribution in [0.3, 0.4) is 0 Å². The van der Waals surface area contributed by atoms with Gasteiger partial charge >= 0.3 is 6.18 Å². The van der Waals surface area contributed by atoms with Crippen LogP contribution in [0.25, 0.3) is 10.1 Å². The molecule has 1 atom stereocenters. The van der Waals surface area contributed by atoms with E-state index in [0.29, 0.717) is 43.7 Å². The lowest BCUT2D eigenvalue weighted by Gasteiger charge is -2.38. The van der Waals surface area contributed by atoms with Crippen LogP contribution in [0.1, 0.15) is 25.3 Å². The molecule has 0 saturated carbocycles. The molecule has 10 heteroatoms. The fourth-order valence-electron chi connectivity index (χ4n) is 3.44. The minimum atomic E-state index is -4.65. The summed E-state index contributed by atoms with van der Waals surface area (Å²) in [6, 6.07) is 1.37. The number of aromatic hydroxyl groups is 1. The maximum atomic E-state index is 12.9. The third-order valence-electron chi connectivity index (χ3n) is 4.81. The van der Waals surface area contributed by atoms with E-state index in [0.717, 1.165) is 17.4 Å². The van der Waals surface area contributed by atoms with E-state index >= 15 is 0 Å². The van der Waals surface area contributed by atoms with E-state index in [4.69, 9.17) is 9.47 Å². The number of rotatable bonds is 1. The van der Waals surface area contributed by atoms with Gasteiger partial charge in [0.25, 0.3) is 5.56 Å². The van der Waals surface area contributed by atoms with E-state index in [1.54, 1.807) is 0 Å². The van der Waals surface area contributed by atoms with Crippen molar-refractivity contribution in [3.8, 4) is 5.75 Å². The second kappa shape index (κ2) is 6.32. The van der Waals surface area contributed by atoms with Crippen molar-refractivity contribution in [1.82, 2.24) is 4.98 Å². The standard InChI is InChI=1S/C17H17F3N2O4S/c1-9-8-25-16(26-9)2-4-22(5-3-16)15-21-14(24)11-6-10(17(18,19)20)7-12(23)13(11)27-15/h6-7,9,23H,2-5,8H2,1H3/t9-/m0/s1. The Kier molecular flexibility index (Phi) is 4.32. The van der Waals surface area contributed by atoms with Crippen LogP contribution in [0.15, 0.2) is 16.9 Å². The highest BCUT2D eigenvalue weighted by Gasteiger charge is 2.43. The van der Waals surface area contributed by atoms with E-state index in [1.807, 2.05) is 11.8 Å². The lowest BCUT2D eigenvalue weighted by atomic mass is 10.0. The van der Waals surface area contributed by atoms with Gasteiger partial charge in [-0.3, -0.25) is 4.79 Å². The highest BCUT2D eigenvalue weighted by atomic mass is 32.1. The maximum absolute atomic E-state index is 12.9. The van der Waals surface area contributed by atoms with Gasteiger partial charge in [-0.25, -0.2) is 0 Å². The second-order valence-corrected chi connectivity index (χ2v) is 7.79. The summed E-state index contributed by atoms with van der Waals surface area (Å²) in [5.41, 5.74) is -1.86. The first-order valence-electron chi connectivity index (χ1n) is 8.49. The van der Waals surface area contributed by atoms with Crippen LogP contribution in [-0.4, -0.2) is 41.7 Å². The number of aromatic nitrogens is 1. The van der Waals surface area contributed by atoms with Crippen molar-refractivity contribution in [2.45, 2.75) is 37.8 Å². The summed E-state index contributed by atoms with van der Waals surface area (Å²) in [5, 5.41) is 10.2. The van der Waals surface area contributed by atoms with E-state index in [9.17, 15) is 23.1 Å². The molecule has 0 aliphatic carbocycles. The zero-order valence-electron chi connectivity index (χ0n) is 14.4. The lowest BCUT2D eigenvalue weighted by Crippen LogP contribution is -2.45. The molecule has 2 aromatic rings. The summed E-state index contributed by atoms with van der Waals surface area (Å²) in [4.78, 5) is 18.1.